The highest BCUT2D eigenvalue weighted by atomic mass is 35.5. The van der Waals surface area contributed by atoms with Gasteiger partial charge in [0.1, 0.15) is 27.9 Å². The number of pyridine rings is 1. The van der Waals surface area contributed by atoms with Crippen molar-refractivity contribution in [2.75, 3.05) is 18.1 Å². The molecule has 50 heavy (non-hydrogen) atoms. The van der Waals surface area contributed by atoms with Crippen LogP contribution in [0.1, 0.15) is 54.4 Å². The molecule has 2 fully saturated rings. The number of ether oxygens (including phenoxy) is 1. The molecule has 1 N–H and O–H groups in total. The SMILES string of the molecule is CC(C)(C)C(=O)Oc1cc(-c2nc(Cl)c3c(N4C[C@H]5CC[C@@H]([C@H]4CO[Si](C)(C)C(C)(C)C)N5C(=O)O)nc(Cl)nc3c2F)c2ccccc2c1. The minimum Gasteiger partial charge on any atom is -0.465 e. The molecule has 2 aliphatic rings. The Morgan fingerprint density at radius 2 is 1.74 bits per heavy atom. The van der Waals surface area contributed by atoms with Gasteiger partial charge in [-0.25, -0.2) is 19.2 Å². The van der Waals surface area contributed by atoms with Gasteiger partial charge in [0.2, 0.25) is 5.28 Å². The van der Waals surface area contributed by atoms with E-state index in [1.807, 2.05) is 29.2 Å². The van der Waals surface area contributed by atoms with Crippen molar-refractivity contribution in [2.45, 2.75) is 90.6 Å². The summed E-state index contributed by atoms with van der Waals surface area (Å²) in [6.45, 7) is 16.5. The third-order valence-corrected chi connectivity index (χ3v) is 15.3. The van der Waals surface area contributed by atoms with Gasteiger partial charge in [-0.2, -0.15) is 4.98 Å². The molecule has 2 aromatic carbocycles. The van der Waals surface area contributed by atoms with E-state index in [9.17, 15) is 14.7 Å². The minimum absolute atomic E-state index is 0.0543. The number of piperazine rings is 1. The third kappa shape index (κ3) is 6.51. The number of rotatable bonds is 6. The highest BCUT2D eigenvalue weighted by Gasteiger charge is 2.50. The number of benzene rings is 2. The van der Waals surface area contributed by atoms with Crippen LogP contribution in [0, 0.1) is 11.2 Å². The van der Waals surface area contributed by atoms with Gasteiger partial charge in [0.05, 0.1) is 35.5 Å². The Balaban J connectivity index is 1.50. The van der Waals surface area contributed by atoms with E-state index in [4.69, 9.17) is 32.4 Å². The quantitative estimate of drug-likeness (QED) is 0.0679. The van der Waals surface area contributed by atoms with Crippen LogP contribution in [0.2, 0.25) is 28.6 Å². The number of hydrogen-bond acceptors (Lipinski definition) is 8. The molecule has 2 bridgehead atoms. The van der Waals surface area contributed by atoms with E-state index in [2.05, 4.69) is 48.8 Å². The van der Waals surface area contributed by atoms with E-state index in [1.165, 1.54) is 4.90 Å². The van der Waals surface area contributed by atoms with Gasteiger partial charge in [-0.05, 0) is 86.3 Å². The predicted molar refractivity (Wildman–Crippen MR) is 196 cm³/mol. The van der Waals surface area contributed by atoms with Crippen LogP contribution in [0.3, 0.4) is 0 Å². The number of halogens is 3. The Morgan fingerprint density at radius 3 is 2.40 bits per heavy atom. The summed E-state index contributed by atoms with van der Waals surface area (Å²) in [6.07, 6.45) is 0.316. The molecule has 4 aromatic rings. The normalized spacial score (nSPS) is 19.8. The van der Waals surface area contributed by atoms with Gasteiger partial charge in [-0.15, -0.1) is 0 Å². The molecule has 4 heterocycles. The molecule has 0 unspecified atom stereocenters. The highest BCUT2D eigenvalue weighted by Crippen LogP contribution is 2.44. The first-order valence-electron chi connectivity index (χ1n) is 16.7. The average Bonchev–Trinajstić information content (AvgIpc) is 3.35. The van der Waals surface area contributed by atoms with Crippen molar-refractivity contribution in [3.05, 3.63) is 52.7 Å². The van der Waals surface area contributed by atoms with Gasteiger partial charge in [0.25, 0.3) is 0 Å². The zero-order chi connectivity index (χ0) is 36.5. The molecule has 0 radical (unpaired) electrons. The van der Waals surface area contributed by atoms with E-state index in [-0.39, 0.29) is 68.9 Å². The van der Waals surface area contributed by atoms with Crippen LogP contribution in [0.15, 0.2) is 36.4 Å². The summed E-state index contributed by atoms with van der Waals surface area (Å²) in [7, 11) is -2.26. The predicted octanol–water partition coefficient (Wildman–Crippen LogP) is 8.96. The summed E-state index contributed by atoms with van der Waals surface area (Å²) < 4.78 is 29.3. The molecule has 266 valence electrons. The molecule has 6 rings (SSSR count). The maximum absolute atomic E-state index is 16.9. The fourth-order valence-electron chi connectivity index (χ4n) is 6.56. The van der Waals surface area contributed by atoms with Crippen LogP contribution in [-0.2, 0) is 9.22 Å². The van der Waals surface area contributed by atoms with E-state index >= 15 is 4.39 Å². The second-order valence-corrected chi connectivity index (χ2v) is 21.2. The van der Waals surface area contributed by atoms with Crippen LogP contribution in [-0.4, -0.2) is 76.6 Å². The largest absolute Gasteiger partial charge is 0.465 e. The lowest BCUT2D eigenvalue weighted by Gasteiger charge is -2.48. The molecule has 14 heteroatoms. The third-order valence-electron chi connectivity index (χ3n) is 10.3. The van der Waals surface area contributed by atoms with Gasteiger partial charge < -0.3 is 19.2 Å². The molecule has 0 spiro atoms. The van der Waals surface area contributed by atoms with Crippen molar-refractivity contribution in [3.8, 4) is 17.0 Å². The van der Waals surface area contributed by atoms with Crippen LogP contribution in [0.4, 0.5) is 15.0 Å². The summed E-state index contributed by atoms with van der Waals surface area (Å²) in [5.41, 5.74) is -0.643. The van der Waals surface area contributed by atoms with Crippen molar-refractivity contribution in [1.82, 2.24) is 19.9 Å². The summed E-state index contributed by atoms with van der Waals surface area (Å²) in [5.74, 6) is -0.724. The number of fused-ring (bicyclic) bond motifs is 4. The first-order valence-corrected chi connectivity index (χ1v) is 20.3. The lowest BCUT2D eigenvalue weighted by atomic mass is 9.97. The Kier molecular flexibility index (Phi) is 9.33. The second-order valence-electron chi connectivity index (χ2n) is 15.7. The fraction of sp³-hybridized carbons (Fsp3) is 0.472. The monoisotopic (exact) mass is 741 g/mol. The molecule has 2 aromatic heterocycles. The maximum atomic E-state index is 16.9. The Labute approximate surface area is 302 Å². The molecule has 1 amide bonds. The number of amides is 1. The van der Waals surface area contributed by atoms with Gasteiger partial charge in [0, 0.05) is 12.1 Å². The number of carbonyl (C=O) groups is 2. The van der Waals surface area contributed by atoms with Crippen molar-refractivity contribution in [1.29, 1.82) is 0 Å². The standard InChI is InChI=1S/C36H42Cl2FN5O5Si/c1-35(2,3)32(45)49-21-15-19-11-9-10-12-22(19)23(16-21)28-27(39)29-26(30(37)40-28)31(42-33(38)41-29)43-17-20-13-14-24(44(20)34(46)47)25(43)18-48-50(7,8)36(4,5)6/h9-12,15-16,20,24-25H,13-14,17-18H2,1-8H3,(H,46,47)/t20-,24+,25-/m1/s1. The minimum atomic E-state index is -2.26. The smallest absolute Gasteiger partial charge is 0.407 e. The molecule has 2 saturated heterocycles. The Hall–Kier alpha value is -3.58. The topological polar surface area (TPSA) is 118 Å². The number of carboxylic acid groups (broad SMARTS) is 1. The van der Waals surface area contributed by atoms with E-state index in [0.717, 1.165) is 0 Å². The van der Waals surface area contributed by atoms with E-state index in [0.29, 0.717) is 29.2 Å². The first-order chi connectivity index (χ1) is 23.3. The van der Waals surface area contributed by atoms with Gasteiger partial charge in [-0.3, -0.25) is 9.69 Å². The number of aromatic nitrogens is 3. The Bertz CT molecular complexity index is 2020. The van der Waals surface area contributed by atoms with Crippen LogP contribution in [0.25, 0.3) is 32.9 Å². The van der Waals surface area contributed by atoms with Gasteiger partial charge in [0.15, 0.2) is 14.1 Å². The van der Waals surface area contributed by atoms with E-state index < -0.39 is 37.7 Å². The fourth-order valence-corrected chi connectivity index (χ4v) is 8.01. The zero-order valence-electron chi connectivity index (χ0n) is 29.5. The van der Waals surface area contributed by atoms with Gasteiger partial charge in [-0.1, -0.05) is 56.6 Å². The van der Waals surface area contributed by atoms with Crippen molar-refractivity contribution in [3.63, 3.8) is 0 Å². The lowest BCUT2D eigenvalue weighted by molar-refractivity contribution is -0.142. The molecule has 0 saturated carbocycles. The summed E-state index contributed by atoms with van der Waals surface area (Å²) in [6, 6.07) is 9.45. The summed E-state index contributed by atoms with van der Waals surface area (Å²) >= 11 is 13.5. The molecule has 2 aliphatic heterocycles. The number of nitrogens with zero attached hydrogens (tertiary/aromatic N) is 5. The maximum Gasteiger partial charge on any atom is 0.407 e. The molecular weight excluding hydrogens is 700 g/mol. The number of hydrogen-bond donors (Lipinski definition) is 1. The average molecular weight is 743 g/mol. The van der Waals surface area contributed by atoms with Crippen molar-refractivity contribution < 1.29 is 28.2 Å². The van der Waals surface area contributed by atoms with Crippen LogP contribution >= 0.6 is 23.2 Å². The summed E-state index contributed by atoms with van der Waals surface area (Å²) in [5, 5.41) is 11.4. The van der Waals surface area contributed by atoms with Gasteiger partial charge >= 0.3 is 12.1 Å². The van der Waals surface area contributed by atoms with Crippen LogP contribution in [0.5, 0.6) is 5.75 Å². The number of carbonyl (C=O) groups excluding carboxylic acids is 1. The second kappa shape index (κ2) is 12.9. The summed E-state index contributed by atoms with van der Waals surface area (Å²) in [4.78, 5) is 42.2. The molecule has 3 atom stereocenters. The molecule has 0 aliphatic carbocycles. The van der Waals surface area contributed by atoms with E-state index in [1.54, 1.807) is 32.9 Å². The Morgan fingerprint density at radius 1 is 1.04 bits per heavy atom. The van der Waals surface area contributed by atoms with Crippen molar-refractivity contribution in [2.24, 2.45) is 5.41 Å². The lowest BCUT2D eigenvalue weighted by Crippen LogP contribution is -2.63. The number of esters is 1. The first kappa shape index (κ1) is 36.2. The van der Waals surface area contributed by atoms with Crippen molar-refractivity contribution >= 4 is 71.1 Å². The van der Waals surface area contributed by atoms with Crippen LogP contribution < -0.4 is 9.64 Å². The highest BCUT2D eigenvalue weighted by molar-refractivity contribution is 6.74. The zero-order valence-corrected chi connectivity index (χ0v) is 32.0. The molecule has 10 nitrogen and oxygen atoms in total. The number of anilines is 1. The molecular formula is C36H42Cl2FN5O5Si.